The van der Waals surface area contributed by atoms with Gasteiger partial charge in [-0.3, -0.25) is 0 Å². The second kappa shape index (κ2) is 4.84. The van der Waals surface area contributed by atoms with Crippen LogP contribution in [0.25, 0.3) is 0 Å². The minimum atomic E-state index is 0.270. The maximum Gasteiger partial charge on any atom is -0.00744 e. The van der Waals surface area contributed by atoms with Gasteiger partial charge in [0.1, 0.15) is 0 Å². The average Bonchev–Trinajstić information content (AvgIpc) is 2.99. The highest BCUT2D eigenvalue weighted by atomic mass is 14.4. The van der Waals surface area contributed by atoms with Crippen molar-refractivity contribution in [1.82, 2.24) is 0 Å². The lowest BCUT2D eigenvalue weighted by Crippen LogP contribution is -2.13. The first-order valence-corrected chi connectivity index (χ1v) is 6.94. The third-order valence-electron chi connectivity index (χ3n) is 3.64. The minimum Gasteiger partial charge on any atom is -0.0683 e. The Morgan fingerprint density at radius 1 is 1.00 bits per heavy atom. The molecule has 0 spiro atoms. The predicted octanol–water partition coefficient (Wildman–Crippen LogP) is 5.37. The van der Waals surface area contributed by atoms with E-state index in [1.165, 1.54) is 24.0 Å². The summed E-state index contributed by atoms with van der Waals surface area (Å²) >= 11 is 0. The largest absolute Gasteiger partial charge is 0.0683 e. The summed E-state index contributed by atoms with van der Waals surface area (Å²) in [5.74, 6) is 0. The lowest BCUT2D eigenvalue weighted by Gasteiger charge is -2.22. The highest BCUT2D eigenvalue weighted by molar-refractivity contribution is 5.39. The van der Waals surface area contributed by atoms with Crippen molar-refractivity contribution in [3.63, 3.8) is 0 Å². The maximum absolute atomic E-state index is 2.42. The molecule has 0 aromatic heterocycles. The summed E-state index contributed by atoms with van der Waals surface area (Å²) in [4.78, 5) is 0. The molecule has 2 rings (SSSR count). The zero-order valence-electron chi connectivity index (χ0n) is 12.6. The number of hydrogen-bond donors (Lipinski definition) is 0. The fourth-order valence-corrected chi connectivity index (χ4v) is 2.04. The van der Waals surface area contributed by atoms with Gasteiger partial charge in [0.15, 0.2) is 0 Å². The summed E-state index contributed by atoms with van der Waals surface area (Å²) in [6.07, 6.45) is 2.72. The Hall–Kier alpha value is -0.780. The SMILES string of the molecule is CC.Cc1cc(C(C)(C)C)cc(C2(C)CC2)c1. The molecule has 0 nitrogen and oxygen atoms in total. The van der Waals surface area contributed by atoms with E-state index in [2.05, 4.69) is 52.8 Å². The molecule has 1 saturated carbocycles. The van der Waals surface area contributed by atoms with E-state index in [1.54, 1.807) is 5.56 Å². The van der Waals surface area contributed by atoms with E-state index in [0.29, 0.717) is 5.41 Å². The molecule has 1 aromatic rings. The molecule has 1 fully saturated rings. The molecule has 0 radical (unpaired) electrons. The summed E-state index contributed by atoms with van der Waals surface area (Å²) in [5, 5.41) is 0. The van der Waals surface area contributed by atoms with Crippen molar-refractivity contribution < 1.29 is 0 Å². The molecule has 0 heterocycles. The van der Waals surface area contributed by atoms with Crippen molar-refractivity contribution in [2.45, 2.75) is 72.1 Å². The maximum atomic E-state index is 2.42. The van der Waals surface area contributed by atoms with Gasteiger partial charge in [0.2, 0.25) is 0 Å². The van der Waals surface area contributed by atoms with Crippen LogP contribution in [0.5, 0.6) is 0 Å². The molecular weight excluding hydrogens is 204 g/mol. The van der Waals surface area contributed by atoms with E-state index in [1.807, 2.05) is 13.8 Å². The summed E-state index contributed by atoms with van der Waals surface area (Å²) in [6.45, 7) is 15.5. The number of hydrogen-bond acceptors (Lipinski definition) is 0. The van der Waals surface area contributed by atoms with Crippen LogP contribution in [0.4, 0.5) is 0 Å². The Balaban J connectivity index is 0.000000686. The smallest absolute Gasteiger partial charge is 0.00744 e. The van der Waals surface area contributed by atoms with Gasteiger partial charge in [0, 0.05) is 0 Å². The van der Waals surface area contributed by atoms with Gasteiger partial charge in [-0.05, 0) is 41.7 Å². The Morgan fingerprint density at radius 2 is 1.53 bits per heavy atom. The van der Waals surface area contributed by atoms with Crippen LogP contribution in [-0.2, 0) is 10.8 Å². The molecular formula is C17H28. The predicted molar refractivity (Wildman–Crippen MR) is 77.8 cm³/mol. The van der Waals surface area contributed by atoms with Gasteiger partial charge in [-0.15, -0.1) is 0 Å². The molecule has 0 heteroatoms. The molecule has 0 saturated heterocycles. The second-order valence-corrected chi connectivity index (χ2v) is 6.40. The Morgan fingerprint density at radius 3 is 1.94 bits per heavy atom. The molecule has 1 aliphatic rings. The third kappa shape index (κ3) is 3.34. The Kier molecular flexibility index (Phi) is 4.06. The van der Waals surface area contributed by atoms with Crippen molar-refractivity contribution in [3.05, 3.63) is 34.9 Å². The quantitative estimate of drug-likeness (QED) is 0.610. The molecule has 0 atom stereocenters. The van der Waals surface area contributed by atoms with E-state index in [9.17, 15) is 0 Å². The van der Waals surface area contributed by atoms with Crippen LogP contribution in [0.15, 0.2) is 18.2 Å². The molecule has 0 bridgehead atoms. The molecule has 0 N–H and O–H groups in total. The van der Waals surface area contributed by atoms with Crippen LogP contribution in [0, 0.1) is 6.92 Å². The monoisotopic (exact) mass is 232 g/mol. The highest BCUT2D eigenvalue weighted by Crippen LogP contribution is 2.48. The molecule has 96 valence electrons. The van der Waals surface area contributed by atoms with E-state index < -0.39 is 0 Å². The fourth-order valence-electron chi connectivity index (χ4n) is 2.04. The highest BCUT2D eigenvalue weighted by Gasteiger charge is 2.39. The normalized spacial score (nSPS) is 17.1. The van der Waals surface area contributed by atoms with E-state index in [4.69, 9.17) is 0 Å². The summed E-state index contributed by atoms with van der Waals surface area (Å²) in [7, 11) is 0. The topological polar surface area (TPSA) is 0 Å². The van der Waals surface area contributed by atoms with Crippen molar-refractivity contribution in [1.29, 1.82) is 0 Å². The van der Waals surface area contributed by atoms with Crippen molar-refractivity contribution in [2.24, 2.45) is 0 Å². The summed E-state index contributed by atoms with van der Waals surface area (Å²) in [6, 6.07) is 7.11. The van der Waals surface area contributed by atoms with Gasteiger partial charge >= 0.3 is 0 Å². The summed E-state index contributed by atoms with van der Waals surface area (Å²) in [5.41, 5.74) is 5.20. The number of benzene rings is 1. The van der Waals surface area contributed by atoms with Crippen LogP contribution in [0.2, 0.25) is 0 Å². The van der Waals surface area contributed by atoms with Gasteiger partial charge in [-0.2, -0.15) is 0 Å². The molecule has 1 aliphatic carbocycles. The third-order valence-corrected chi connectivity index (χ3v) is 3.64. The van der Waals surface area contributed by atoms with Gasteiger partial charge in [-0.25, -0.2) is 0 Å². The minimum absolute atomic E-state index is 0.270. The summed E-state index contributed by atoms with van der Waals surface area (Å²) < 4.78 is 0. The fraction of sp³-hybridized carbons (Fsp3) is 0.647. The molecule has 17 heavy (non-hydrogen) atoms. The van der Waals surface area contributed by atoms with E-state index in [0.717, 1.165) is 0 Å². The van der Waals surface area contributed by atoms with Gasteiger partial charge in [0.25, 0.3) is 0 Å². The number of rotatable bonds is 1. The number of aryl methyl sites for hydroxylation is 1. The van der Waals surface area contributed by atoms with E-state index >= 15 is 0 Å². The Labute approximate surface area is 107 Å². The van der Waals surface area contributed by atoms with Crippen LogP contribution < -0.4 is 0 Å². The first-order valence-electron chi connectivity index (χ1n) is 6.94. The zero-order chi connectivity index (χ0) is 13.3. The molecule has 0 unspecified atom stereocenters. The first-order chi connectivity index (χ1) is 7.81. The standard InChI is InChI=1S/C15H22.C2H6/c1-11-8-12(14(2,3)4)10-13(9-11)15(5)6-7-15;1-2/h8-10H,6-7H2,1-5H3;1-2H3. The van der Waals surface area contributed by atoms with E-state index in [-0.39, 0.29) is 5.41 Å². The zero-order valence-corrected chi connectivity index (χ0v) is 12.6. The van der Waals surface area contributed by atoms with Gasteiger partial charge in [0.05, 0.1) is 0 Å². The van der Waals surface area contributed by atoms with Crippen LogP contribution in [-0.4, -0.2) is 0 Å². The van der Waals surface area contributed by atoms with Crippen molar-refractivity contribution >= 4 is 0 Å². The van der Waals surface area contributed by atoms with Crippen LogP contribution in [0.1, 0.15) is 71.1 Å². The Bertz CT molecular complexity index is 352. The van der Waals surface area contributed by atoms with Crippen LogP contribution >= 0.6 is 0 Å². The average molecular weight is 232 g/mol. The van der Waals surface area contributed by atoms with Gasteiger partial charge in [-0.1, -0.05) is 65.3 Å². The molecule has 1 aromatic carbocycles. The van der Waals surface area contributed by atoms with Crippen molar-refractivity contribution in [3.8, 4) is 0 Å². The van der Waals surface area contributed by atoms with Crippen LogP contribution in [0.3, 0.4) is 0 Å². The second-order valence-electron chi connectivity index (χ2n) is 6.40. The lowest BCUT2D eigenvalue weighted by atomic mass is 9.83. The van der Waals surface area contributed by atoms with Crippen molar-refractivity contribution in [2.75, 3.05) is 0 Å². The lowest BCUT2D eigenvalue weighted by molar-refractivity contribution is 0.587. The molecule has 0 amide bonds. The van der Waals surface area contributed by atoms with Gasteiger partial charge < -0.3 is 0 Å². The molecule has 0 aliphatic heterocycles. The first kappa shape index (κ1) is 14.3.